The Labute approximate surface area is 171 Å². The lowest BCUT2D eigenvalue weighted by Crippen LogP contribution is -2.30. The van der Waals surface area contributed by atoms with Crippen LogP contribution in [0.5, 0.6) is 0 Å². The standard InChI is InChI=1S/C20H17ClN4O4/c1-12-7-8-14(11-17(12)25(27)28)20(26)24-9-3-6-16(24)19-22-18(23-29-19)13-4-2-5-15(21)10-13/h2,4-5,7-8,10-11,16H,3,6,9H2,1H3. The highest BCUT2D eigenvalue weighted by molar-refractivity contribution is 6.30. The number of halogens is 1. The Hall–Kier alpha value is -3.26. The molecule has 2 heterocycles. The fraction of sp³-hybridized carbons (Fsp3) is 0.250. The van der Waals surface area contributed by atoms with Crippen LogP contribution in [0.25, 0.3) is 11.4 Å². The van der Waals surface area contributed by atoms with Crippen molar-refractivity contribution in [3.05, 3.63) is 74.6 Å². The van der Waals surface area contributed by atoms with Gasteiger partial charge < -0.3 is 9.42 Å². The Morgan fingerprint density at radius 2 is 2.14 bits per heavy atom. The van der Waals surface area contributed by atoms with Crippen LogP contribution < -0.4 is 0 Å². The van der Waals surface area contributed by atoms with Crippen LogP contribution in [0.15, 0.2) is 47.0 Å². The first-order valence-electron chi connectivity index (χ1n) is 9.09. The number of nitro benzene ring substituents is 1. The SMILES string of the molecule is Cc1ccc(C(=O)N2CCCC2c2nc(-c3cccc(Cl)c3)no2)cc1[N+](=O)[O-]. The largest absolute Gasteiger partial charge is 0.337 e. The molecule has 0 spiro atoms. The van der Waals surface area contributed by atoms with Gasteiger partial charge in [0.1, 0.15) is 6.04 Å². The zero-order valence-electron chi connectivity index (χ0n) is 15.5. The number of carbonyl (C=O) groups excluding carboxylic acids is 1. The van der Waals surface area contributed by atoms with Gasteiger partial charge in [-0.15, -0.1) is 0 Å². The van der Waals surface area contributed by atoms with Gasteiger partial charge in [-0.3, -0.25) is 14.9 Å². The molecule has 1 unspecified atom stereocenters. The van der Waals surface area contributed by atoms with Crippen LogP contribution in [0, 0.1) is 17.0 Å². The summed E-state index contributed by atoms with van der Waals surface area (Å²) in [6.07, 6.45) is 1.45. The van der Waals surface area contributed by atoms with Crippen molar-refractivity contribution in [1.29, 1.82) is 0 Å². The topological polar surface area (TPSA) is 102 Å². The van der Waals surface area contributed by atoms with E-state index in [1.165, 1.54) is 6.07 Å². The van der Waals surface area contributed by atoms with Crippen LogP contribution in [0.3, 0.4) is 0 Å². The minimum atomic E-state index is -0.483. The van der Waals surface area contributed by atoms with Crippen molar-refractivity contribution in [2.24, 2.45) is 0 Å². The number of rotatable bonds is 4. The van der Waals surface area contributed by atoms with Gasteiger partial charge in [0.05, 0.1) is 4.92 Å². The Balaban J connectivity index is 1.61. The number of aromatic nitrogens is 2. The van der Waals surface area contributed by atoms with E-state index in [0.717, 1.165) is 12.0 Å². The highest BCUT2D eigenvalue weighted by Crippen LogP contribution is 2.34. The highest BCUT2D eigenvalue weighted by atomic mass is 35.5. The van der Waals surface area contributed by atoms with Crippen molar-refractivity contribution in [2.45, 2.75) is 25.8 Å². The van der Waals surface area contributed by atoms with E-state index in [4.69, 9.17) is 16.1 Å². The molecular formula is C20H17ClN4O4. The van der Waals surface area contributed by atoms with Crippen LogP contribution in [-0.2, 0) is 0 Å². The molecule has 9 heteroatoms. The van der Waals surface area contributed by atoms with Crippen molar-refractivity contribution in [1.82, 2.24) is 15.0 Å². The number of amides is 1. The molecule has 1 aromatic heterocycles. The lowest BCUT2D eigenvalue weighted by Gasteiger charge is -2.22. The molecule has 0 N–H and O–H groups in total. The summed E-state index contributed by atoms with van der Waals surface area (Å²) in [5.41, 5.74) is 1.42. The monoisotopic (exact) mass is 412 g/mol. The van der Waals surface area contributed by atoms with Crippen molar-refractivity contribution >= 4 is 23.2 Å². The van der Waals surface area contributed by atoms with Crippen LogP contribution in [-0.4, -0.2) is 32.4 Å². The summed E-state index contributed by atoms with van der Waals surface area (Å²) < 4.78 is 5.43. The molecule has 0 aliphatic carbocycles. The number of nitro groups is 1. The Bertz CT molecular complexity index is 1100. The number of hydrogen-bond acceptors (Lipinski definition) is 6. The molecule has 148 valence electrons. The second-order valence-electron chi connectivity index (χ2n) is 6.88. The van der Waals surface area contributed by atoms with E-state index in [1.54, 1.807) is 42.2 Å². The molecule has 1 fully saturated rings. The summed E-state index contributed by atoms with van der Waals surface area (Å²) in [4.78, 5) is 29.8. The van der Waals surface area contributed by atoms with Gasteiger partial charge in [-0.2, -0.15) is 4.98 Å². The van der Waals surface area contributed by atoms with Crippen LogP contribution in [0.2, 0.25) is 5.02 Å². The normalized spacial score (nSPS) is 16.2. The summed E-state index contributed by atoms with van der Waals surface area (Å²) >= 11 is 6.02. The third kappa shape index (κ3) is 3.71. The number of aryl methyl sites for hydroxylation is 1. The molecule has 0 radical (unpaired) electrons. The lowest BCUT2D eigenvalue weighted by molar-refractivity contribution is -0.385. The van der Waals surface area contributed by atoms with Crippen molar-refractivity contribution in [2.75, 3.05) is 6.54 Å². The predicted octanol–water partition coefficient (Wildman–Crippen LogP) is 4.58. The smallest absolute Gasteiger partial charge is 0.273 e. The summed E-state index contributed by atoms with van der Waals surface area (Å²) in [6, 6.07) is 11.2. The molecule has 1 aliphatic rings. The molecule has 1 saturated heterocycles. The maximum absolute atomic E-state index is 13.0. The van der Waals surface area contributed by atoms with Gasteiger partial charge in [0, 0.05) is 34.3 Å². The van der Waals surface area contributed by atoms with E-state index in [0.29, 0.717) is 35.3 Å². The Morgan fingerprint density at radius 1 is 1.31 bits per heavy atom. The summed E-state index contributed by atoms with van der Waals surface area (Å²) in [5.74, 6) is 0.443. The van der Waals surface area contributed by atoms with Gasteiger partial charge in [-0.25, -0.2) is 0 Å². The van der Waals surface area contributed by atoms with Crippen molar-refractivity contribution in [3.63, 3.8) is 0 Å². The van der Waals surface area contributed by atoms with Gasteiger partial charge in [0.25, 0.3) is 11.6 Å². The first-order valence-corrected chi connectivity index (χ1v) is 9.47. The molecule has 1 amide bonds. The van der Waals surface area contributed by atoms with E-state index < -0.39 is 4.92 Å². The third-order valence-electron chi connectivity index (χ3n) is 4.98. The zero-order valence-corrected chi connectivity index (χ0v) is 16.3. The van der Waals surface area contributed by atoms with E-state index in [-0.39, 0.29) is 23.2 Å². The number of likely N-dealkylation sites (tertiary alicyclic amines) is 1. The molecule has 1 atom stereocenters. The maximum Gasteiger partial charge on any atom is 0.273 e. The average molecular weight is 413 g/mol. The second kappa shape index (κ2) is 7.63. The fourth-order valence-corrected chi connectivity index (χ4v) is 3.68. The molecule has 1 aliphatic heterocycles. The molecule has 0 bridgehead atoms. The second-order valence-corrected chi connectivity index (χ2v) is 7.32. The average Bonchev–Trinajstić information content (AvgIpc) is 3.37. The minimum absolute atomic E-state index is 0.0763. The summed E-state index contributed by atoms with van der Waals surface area (Å²) in [7, 11) is 0. The zero-order chi connectivity index (χ0) is 20.5. The van der Waals surface area contributed by atoms with Gasteiger partial charge in [0.2, 0.25) is 11.7 Å². The van der Waals surface area contributed by atoms with Crippen LogP contribution in [0.4, 0.5) is 5.69 Å². The Kier molecular flexibility index (Phi) is 5.02. The first kappa shape index (κ1) is 19.1. The fourth-order valence-electron chi connectivity index (χ4n) is 3.49. The van der Waals surface area contributed by atoms with Gasteiger partial charge in [0.15, 0.2) is 0 Å². The summed E-state index contributed by atoms with van der Waals surface area (Å²) in [5, 5.41) is 15.8. The van der Waals surface area contributed by atoms with Crippen LogP contribution >= 0.6 is 11.6 Å². The Morgan fingerprint density at radius 3 is 2.90 bits per heavy atom. The molecule has 29 heavy (non-hydrogen) atoms. The van der Waals surface area contributed by atoms with Crippen molar-refractivity contribution < 1.29 is 14.2 Å². The van der Waals surface area contributed by atoms with Crippen LogP contribution in [0.1, 0.15) is 40.7 Å². The number of benzene rings is 2. The third-order valence-corrected chi connectivity index (χ3v) is 5.21. The lowest BCUT2D eigenvalue weighted by atomic mass is 10.1. The number of carbonyl (C=O) groups is 1. The van der Waals surface area contributed by atoms with E-state index in [2.05, 4.69) is 10.1 Å². The molecule has 2 aromatic carbocycles. The number of nitrogens with zero attached hydrogens (tertiary/aromatic N) is 4. The molecule has 0 saturated carbocycles. The van der Waals surface area contributed by atoms with Gasteiger partial charge >= 0.3 is 0 Å². The predicted molar refractivity (Wildman–Crippen MR) is 106 cm³/mol. The van der Waals surface area contributed by atoms with E-state index >= 15 is 0 Å². The molecule has 8 nitrogen and oxygen atoms in total. The maximum atomic E-state index is 13.0. The number of hydrogen-bond donors (Lipinski definition) is 0. The molecular weight excluding hydrogens is 396 g/mol. The summed E-state index contributed by atoms with van der Waals surface area (Å²) in [6.45, 7) is 2.15. The minimum Gasteiger partial charge on any atom is -0.337 e. The van der Waals surface area contributed by atoms with E-state index in [1.807, 2.05) is 6.07 Å². The highest BCUT2D eigenvalue weighted by Gasteiger charge is 2.35. The van der Waals surface area contributed by atoms with E-state index in [9.17, 15) is 14.9 Å². The quantitative estimate of drug-likeness (QED) is 0.459. The van der Waals surface area contributed by atoms with Crippen molar-refractivity contribution in [3.8, 4) is 11.4 Å². The molecule has 3 aromatic rings. The molecule has 4 rings (SSSR count). The van der Waals surface area contributed by atoms with Gasteiger partial charge in [-0.1, -0.05) is 35.0 Å². The first-order chi connectivity index (χ1) is 13.9. The van der Waals surface area contributed by atoms with Gasteiger partial charge in [-0.05, 0) is 38.0 Å².